The molecule has 0 radical (unpaired) electrons. The minimum absolute atomic E-state index is 0.0197. The van der Waals surface area contributed by atoms with Crippen molar-refractivity contribution in [3.8, 4) is 0 Å². The van der Waals surface area contributed by atoms with E-state index in [1.54, 1.807) is 48.7 Å². The summed E-state index contributed by atoms with van der Waals surface area (Å²) in [4.78, 5) is 10.3. The van der Waals surface area contributed by atoms with Crippen LogP contribution in [0.3, 0.4) is 0 Å². The van der Waals surface area contributed by atoms with E-state index < -0.39 is 11.0 Å². The van der Waals surface area contributed by atoms with Gasteiger partial charge in [-0.15, -0.1) is 0 Å². The average molecular weight is 373 g/mol. The maximum Gasteiger partial charge on any atom is 0.269 e. The number of aliphatic hydroxyl groups is 1. The van der Waals surface area contributed by atoms with Crippen molar-refractivity contribution >= 4 is 23.0 Å². The Morgan fingerprint density at radius 1 is 1.12 bits per heavy atom. The van der Waals surface area contributed by atoms with Crippen LogP contribution in [0.15, 0.2) is 71.3 Å². The summed E-state index contributed by atoms with van der Waals surface area (Å²) in [6, 6.07) is 16.4. The van der Waals surface area contributed by atoms with Gasteiger partial charge < -0.3 is 14.8 Å². The van der Waals surface area contributed by atoms with Gasteiger partial charge in [0.05, 0.1) is 23.3 Å². The third-order valence-corrected chi connectivity index (χ3v) is 4.27. The molecule has 0 bridgehead atoms. The fourth-order valence-corrected chi connectivity index (χ4v) is 2.79. The molecule has 2 atom stereocenters. The number of hydrogen-bond acceptors (Lipinski definition) is 5. The zero-order valence-corrected chi connectivity index (χ0v) is 14.5. The lowest BCUT2D eigenvalue weighted by Crippen LogP contribution is -2.14. The molecule has 0 amide bonds. The van der Waals surface area contributed by atoms with Crippen molar-refractivity contribution in [2.45, 2.75) is 18.6 Å². The van der Waals surface area contributed by atoms with Crippen LogP contribution in [0.4, 0.5) is 11.4 Å². The predicted octanol–water partition coefficient (Wildman–Crippen LogP) is 5.12. The molecular formula is C19H17ClN2O4. The van der Waals surface area contributed by atoms with Crippen molar-refractivity contribution in [2.75, 3.05) is 5.32 Å². The highest BCUT2D eigenvalue weighted by molar-refractivity contribution is 6.30. The number of non-ortho nitro benzene ring substituents is 1. The average Bonchev–Trinajstić information content (AvgIpc) is 3.16. The van der Waals surface area contributed by atoms with Crippen LogP contribution in [-0.2, 0) is 0 Å². The summed E-state index contributed by atoms with van der Waals surface area (Å²) in [6.45, 7) is 0. The molecule has 0 fully saturated rings. The Morgan fingerprint density at radius 2 is 1.81 bits per heavy atom. The molecule has 7 heteroatoms. The molecule has 3 aromatic rings. The van der Waals surface area contributed by atoms with E-state index in [1.807, 2.05) is 6.07 Å². The topological polar surface area (TPSA) is 88.5 Å². The van der Waals surface area contributed by atoms with Gasteiger partial charge in [0.25, 0.3) is 5.69 Å². The van der Waals surface area contributed by atoms with Gasteiger partial charge in [0.1, 0.15) is 5.76 Å². The molecule has 0 spiro atoms. The van der Waals surface area contributed by atoms with E-state index in [0.29, 0.717) is 22.9 Å². The second-order valence-corrected chi connectivity index (χ2v) is 6.26. The van der Waals surface area contributed by atoms with Crippen molar-refractivity contribution in [3.63, 3.8) is 0 Å². The van der Waals surface area contributed by atoms with Gasteiger partial charge in [0.2, 0.25) is 0 Å². The fourth-order valence-electron chi connectivity index (χ4n) is 2.66. The van der Waals surface area contributed by atoms with Crippen molar-refractivity contribution in [3.05, 3.63) is 93.4 Å². The standard InChI is InChI=1S/C19H17ClN2O4/c20-14-5-3-13(4-6-14)18(23)12-17(19-2-1-11-26-19)21-15-7-9-16(10-8-15)22(24)25/h1-11,17-18,21,23H,12H2/t17-,18+/m1/s1. The summed E-state index contributed by atoms with van der Waals surface area (Å²) >= 11 is 5.89. The minimum Gasteiger partial charge on any atom is -0.467 e. The zero-order chi connectivity index (χ0) is 18.5. The van der Waals surface area contributed by atoms with Crippen LogP contribution in [0.2, 0.25) is 5.02 Å². The van der Waals surface area contributed by atoms with Crippen molar-refractivity contribution in [1.82, 2.24) is 0 Å². The van der Waals surface area contributed by atoms with Crippen LogP contribution >= 0.6 is 11.6 Å². The molecule has 6 nitrogen and oxygen atoms in total. The summed E-state index contributed by atoms with van der Waals surface area (Å²) in [5, 5.41) is 25.2. The number of furan rings is 1. The third-order valence-electron chi connectivity index (χ3n) is 4.02. The SMILES string of the molecule is O=[N+]([O-])c1ccc(N[C@H](C[C@H](O)c2ccc(Cl)cc2)c2ccco2)cc1. The number of anilines is 1. The Kier molecular flexibility index (Phi) is 5.55. The Labute approximate surface area is 155 Å². The molecule has 26 heavy (non-hydrogen) atoms. The van der Waals surface area contributed by atoms with Crippen LogP contribution in [0.25, 0.3) is 0 Å². The first kappa shape index (κ1) is 18.0. The van der Waals surface area contributed by atoms with E-state index in [9.17, 15) is 15.2 Å². The highest BCUT2D eigenvalue weighted by atomic mass is 35.5. The number of aliphatic hydroxyl groups excluding tert-OH is 1. The second-order valence-electron chi connectivity index (χ2n) is 5.82. The molecule has 134 valence electrons. The van der Waals surface area contributed by atoms with Gasteiger partial charge in [-0.25, -0.2) is 0 Å². The smallest absolute Gasteiger partial charge is 0.269 e. The highest BCUT2D eigenvalue weighted by Crippen LogP contribution is 2.31. The molecule has 2 aromatic carbocycles. The van der Waals surface area contributed by atoms with E-state index in [4.69, 9.17) is 16.0 Å². The third kappa shape index (κ3) is 4.41. The number of benzene rings is 2. The van der Waals surface area contributed by atoms with Gasteiger partial charge in [-0.2, -0.15) is 0 Å². The van der Waals surface area contributed by atoms with Gasteiger partial charge in [-0.05, 0) is 42.0 Å². The Bertz CT molecular complexity index is 848. The van der Waals surface area contributed by atoms with Crippen LogP contribution in [0.5, 0.6) is 0 Å². The van der Waals surface area contributed by atoms with E-state index in [1.165, 1.54) is 12.1 Å². The van der Waals surface area contributed by atoms with E-state index in [2.05, 4.69) is 5.32 Å². The van der Waals surface area contributed by atoms with Crippen LogP contribution < -0.4 is 5.32 Å². The first-order chi connectivity index (χ1) is 12.5. The Balaban J connectivity index is 1.77. The molecule has 0 aliphatic rings. The summed E-state index contributed by atoms with van der Waals surface area (Å²) in [5.41, 5.74) is 1.46. The number of nitrogens with zero attached hydrogens (tertiary/aromatic N) is 1. The second kappa shape index (κ2) is 8.03. The molecule has 0 aliphatic heterocycles. The molecule has 0 saturated carbocycles. The molecule has 3 rings (SSSR count). The number of halogens is 1. The molecule has 1 aromatic heterocycles. The summed E-state index contributed by atoms with van der Waals surface area (Å²) < 4.78 is 5.48. The maximum absolute atomic E-state index is 10.8. The first-order valence-electron chi connectivity index (χ1n) is 8.01. The van der Waals surface area contributed by atoms with Crippen LogP contribution in [-0.4, -0.2) is 10.0 Å². The molecular weight excluding hydrogens is 356 g/mol. The monoisotopic (exact) mass is 372 g/mol. The maximum atomic E-state index is 10.8. The van der Waals surface area contributed by atoms with Crippen molar-refractivity contribution in [1.29, 1.82) is 0 Å². The molecule has 0 saturated heterocycles. The summed E-state index contributed by atoms with van der Waals surface area (Å²) in [7, 11) is 0. The van der Waals surface area contributed by atoms with Crippen LogP contribution in [0.1, 0.15) is 29.9 Å². The fraction of sp³-hybridized carbons (Fsp3) is 0.158. The van der Waals surface area contributed by atoms with Gasteiger partial charge in [0, 0.05) is 29.3 Å². The number of hydrogen-bond donors (Lipinski definition) is 2. The number of nitrogens with one attached hydrogen (secondary N) is 1. The van der Waals surface area contributed by atoms with Gasteiger partial charge >= 0.3 is 0 Å². The van der Waals surface area contributed by atoms with E-state index in [0.717, 1.165) is 5.56 Å². The van der Waals surface area contributed by atoms with Gasteiger partial charge in [-0.1, -0.05) is 23.7 Å². The lowest BCUT2D eigenvalue weighted by Gasteiger charge is -2.21. The summed E-state index contributed by atoms with van der Waals surface area (Å²) in [6.07, 6.45) is 1.19. The van der Waals surface area contributed by atoms with Crippen molar-refractivity contribution in [2.24, 2.45) is 0 Å². The molecule has 0 unspecified atom stereocenters. The number of nitro groups is 1. The number of rotatable bonds is 7. The quantitative estimate of drug-likeness (QED) is 0.444. The first-order valence-corrected chi connectivity index (χ1v) is 8.38. The van der Waals surface area contributed by atoms with Gasteiger partial charge in [-0.3, -0.25) is 10.1 Å². The van der Waals surface area contributed by atoms with E-state index >= 15 is 0 Å². The van der Waals surface area contributed by atoms with E-state index in [-0.39, 0.29) is 11.7 Å². The minimum atomic E-state index is -0.729. The highest BCUT2D eigenvalue weighted by Gasteiger charge is 2.20. The Hall–Kier alpha value is -2.83. The molecule has 0 aliphatic carbocycles. The van der Waals surface area contributed by atoms with Crippen LogP contribution in [0, 0.1) is 10.1 Å². The zero-order valence-electron chi connectivity index (χ0n) is 13.7. The lowest BCUT2D eigenvalue weighted by molar-refractivity contribution is -0.384. The largest absolute Gasteiger partial charge is 0.467 e. The predicted molar refractivity (Wildman–Crippen MR) is 99.2 cm³/mol. The lowest BCUT2D eigenvalue weighted by atomic mass is 10.00. The van der Waals surface area contributed by atoms with Crippen molar-refractivity contribution < 1.29 is 14.4 Å². The Morgan fingerprint density at radius 3 is 2.38 bits per heavy atom. The number of nitro benzene ring substituents is 1. The molecule has 1 heterocycles. The normalized spacial score (nSPS) is 13.2. The molecule has 2 N–H and O–H groups in total. The van der Waals surface area contributed by atoms with Gasteiger partial charge in [0.15, 0.2) is 0 Å². The summed E-state index contributed by atoms with van der Waals surface area (Å²) in [5.74, 6) is 0.663.